The van der Waals surface area contributed by atoms with Gasteiger partial charge in [0.1, 0.15) is 6.04 Å². The standard InChI is InChI=1S/C25H20N6O4/c1-3-15-5-4-6-17(11-15)29(2)25(35)20-14-31(28-27-20)18-7-8-19-16(12-18)13-30(24(19)34)21-9-10-22(32)26-23(21)33/h1,4-8,11-12,14,21H,9-10,13H2,2H3,(H,26,32,33). The summed E-state index contributed by atoms with van der Waals surface area (Å²) in [4.78, 5) is 52.4. The van der Waals surface area contributed by atoms with Gasteiger partial charge in [0.25, 0.3) is 11.8 Å². The highest BCUT2D eigenvalue weighted by atomic mass is 16.2. The topological polar surface area (TPSA) is 118 Å². The van der Waals surface area contributed by atoms with E-state index in [1.807, 2.05) is 0 Å². The highest BCUT2D eigenvalue weighted by molar-refractivity contribution is 6.06. The van der Waals surface area contributed by atoms with E-state index in [-0.39, 0.29) is 36.4 Å². The van der Waals surface area contributed by atoms with E-state index in [1.54, 1.807) is 49.5 Å². The second kappa shape index (κ2) is 8.53. The number of piperidine rings is 1. The van der Waals surface area contributed by atoms with E-state index < -0.39 is 11.9 Å². The molecule has 3 aromatic rings. The minimum absolute atomic E-state index is 0.139. The number of rotatable bonds is 4. The Hall–Kier alpha value is -4.78. The number of amides is 4. The fourth-order valence-corrected chi connectivity index (χ4v) is 4.28. The summed E-state index contributed by atoms with van der Waals surface area (Å²) in [7, 11) is 1.63. The maximum atomic E-state index is 12.9. The van der Waals surface area contributed by atoms with Crippen molar-refractivity contribution in [2.45, 2.75) is 25.4 Å². The summed E-state index contributed by atoms with van der Waals surface area (Å²) >= 11 is 0. The summed E-state index contributed by atoms with van der Waals surface area (Å²) in [5.74, 6) is 1.14. The number of aromatic nitrogens is 3. The van der Waals surface area contributed by atoms with E-state index in [2.05, 4.69) is 21.5 Å². The van der Waals surface area contributed by atoms with Crippen molar-refractivity contribution in [2.75, 3.05) is 11.9 Å². The minimum atomic E-state index is -0.685. The number of imide groups is 1. The van der Waals surface area contributed by atoms with E-state index in [1.165, 1.54) is 20.7 Å². The largest absolute Gasteiger partial charge is 0.322 e. The average molecular weight is 468 g/mol. The lowest BCUT2D eigenvalue weighted by Crippen LogP contribution is -2.52. The Balaban J connectivity index is 1.35. The molecule has 1 unspecified atom stereocenters. The van der Waals surface area contributed by atoms with Gasteiger partial charge in [0.15, 0.2) is 5.69 Å². The minimum Gasteiger partial charge on any atom is -0.322 e. The Morgan fingerprint density at radius 2 is 2.03 bits per heavy atom. The van der Waals surface area contributed by atoms with Crippen LogP contribution in [0.2, 0.25) is 0 Å². The first-order valence-corrected chi connectivity index (χ1v) is 10.9. The van der Waals surface area contributed by atoms with Crippen LogP contribution in [-0.2, 0) is 16.1 Å². The molecule has 1 N–H and O–H groups in total. The molecule has 1 fully saturated rings. The molecule has 1 aromatic heterocycles. The monoisotopic (exact) mass is 468 g/mol. The Morgan fingerprint density at radius 1 is 1.20 bits per heavy atom. The highest BCUT2D eigenvalue weighted by Gasteiger charge is 2.39. The predicted octanol–water partition coefficient (Wildman–Crippen LogP) is 1.29. The van der Waals surface area contributed by atoms with Crippen LogP contribution in [0.3, 0.4) is 0 Å². The SMILES string of the molecule is C#Cc1cccc(N(C)C(=O)c2cn(-c3ccc4c(c3)CN(C3CCC(=O)NC3=O)C4=O)nn2)c1. The summed E-state index contributed by atoms with van der Waals surface area (Å²) in [6, 6.07) is 11.5. The summed E-state index contributed by atoms with van der Waals surface area (Å²) in [5, 5.41) is 10.4. The third-order valence-electron chi connectivity index (χ3n) is 6.19. The zero-order valence-electron chi connectivity index (χ0n) is 18.8. The number of anilines is 1. The lowest BCUT2D eigenvalue weighted by molar-refractivity contribution is -0.136. The zero-order valence-corrected chi connectivity index (χ0v) is 18.8. The van der Waals surface area contributed by atoms with E-state index in [0.717, 1.165) is 5.56 Å². The number of hydrogen-bond acceptors (Lipinski definition) is 6. The molecule has 1 saturated heterocycles. The molecule has 0 bridgehead atoms. The van der Waals surface area contributed by atoms with Crippen LogP contribution in [-0.4, -0.2) is 56.6 Å². The second-order valence-electron chi connectivity index (χ2n) is 8.35. The van der Waals surface area contributed by atoms with Crippen molar-refractivity contribution in [2.24, 2.45) is 0 Å². The lowest BCUT2D eigenvalue weighted by atomic mass is 10.0. The third kappa shape index (κ3) is 3.93. The number of nitrogens with one attached hydrogen (secondary N) is 1. The van der Waals surface area contributed by atoms with Crippen molar-refractivity contribution in [3.63, 3.8) is 0 Å². The predicted molar refractivity (Wildman–Crippen MR) is 125 cm³/mol. The zero-order chi connectivity index (χ0) is 24.7. The highest BCUT2D eigenvalue weighted by Crippen LogP contribution is 2.29. The Morgan fingerprint density at radius 3 is 2.80 bits per heavy atom. The summed E-state index contributed by atoms with van der Waals surface area (Å²) in [5.41, 5.74) is 3.26. The molecule has 2 aliphatic rings. The van der Waals surface area contributed by atoms with Crippen molar-refractivity contribution in [1.29, 1.82) is 0 Å². The van der Waals surface area contributed by atoms with Crippen molar-refractivity contribution in [3.05, 3.63) is 71.0 Å². The van der Waals surface area contributed by atoms with Gasteiger partial charge >= 0.3 is 0 Å². The lowest BCUT2D eigenvalue weighted by Gasteiger charge is -2.29. The second-order valence-corrected chi connectivity index (χ2v) is 8.35. The van der Waals surface area contributed by atoms with Crippen LogP contribution < -0.4 is 10.2 Å². The number of benzene rings is 2. The molecule has 35 heavy (non-hydrogen) atoms. The van der Waals surface area contributed by atoms with Crippen molar-refractivity contribution in [3.8, 4) is 18.0 Å². The van der Waals surface area contributed by atoms with Crippen LogP contribution in [0, 0.1) is 12.3 Å². The maximum absolute atomic E-state index is 12.9. The molecule has 174 valence electrons. The molecule has 4 amide bonds. The van der Waals surface area contributed by atoms with Gasteiger partial charge in [0, 0.05) is 36.8 Å². The molecule has 10 heteroatoms. The molecule has 2 aromatic carbocycles. The van der Waals surface area contributed by atoms with Crippen molar-refractivity contribution < 1.29 is 19.2 Å². The van der Waals surface area contributed by atoms with Crippen LogP contribution in [0.4, 0.5) is 5.69 Å². The molecule has 5 rings (SSSR count). The van der Waals surface area contributed by atoms with Gasteiger partial charge in [-0.1, -0.05) is 17.2 Å². The molecule has 2 aliphatic heterocycles. The van der Waals surface area contributed by atoms with E-state index in [9.17, 15) is 19.2 Å². The molecule has 3 heterocycles. The van der Waals surface area contributed by atoms with E-state index in [0.29, 0.717) is 28.9 Å². The molecular formula is C25H20N6O4. The van der Waals surface area contributed by atoms with Gasteiger partial charge in [-0.3, -0.25) is 24.5 Å². The first-order valence-electron chi connectivity index (χ1n) is 10.9. The van der Waals surface area contributed by atoms with Gasteiger partial charge in [-0.15, -0.1) is 11.5 Å². The first-order chi connectivity index (χ1) is 16.9. The maximum Gasteiger partial charge on any atom is 0.280 e. The summed E-state index contributed by atoms with van der Waals surface area (Å²) in [6.45, 7) is 0.239. The van der Waals surface area contributed by atoms with Gasteiger partial charge in [0.2, 0.25) is 11.8 Å². The number of fused-ring (bicyclic) bond motifs is 1. The van der Waals surface area contributed by atoms with E-state index >= 15 is 0 Å². The van der Waals surface area contributed by atoms with Crippen LogP contribution in [0.1, 0.15) is 44.8 Å². The molecular weight excluding hydrogens is 448 g/mol. The average Bonchev–Trinajstić information content (AvgIpc) is 3.48. The normalized spacial score (nSPS) is 17.1. The smallest absolute Gasteiger partial charge is 0.280 e. The fourth-order valence-electron chi connectivity index (χ4n) is 4.28. The van der Waals surface area contributed by atoms with Gasteiger partial charge in [-0.05, 0) is 48.4 Å². The van der Waals surface area contributed by atoms with Crippen molar-refractivity contribution in [1.82, 2.24) is 25.2 Å². The molecule has 0 saturated carbocycles. The Kier molecular flexibility index (Phi) is 5.37. The fraction of sp³-hybridized carbons (Fsp3) is 0.200. The van der Waals surface area contributed by atoms with Gasteiger partial charge in [-0.2, -0.15) is 0 Å². The Bertz CT molecular complexity index is 1440. The van der Waals surface area contributed by atoms with E-state index in [4.69, 9.17) is 6.42 Å². The molecule has 10 nitrogen and oxygen atoms in total. The van der Waals surface area contributed by atoms with Gasteiger partial charge in [0.05, 0.1) is 11.9 Å². The molecule has 1 atom stereocenters. The summed E-state index contributed by atoms with van der Waals surface area (Å²) in [6.07, 6.45) is 7.45. The van der Waals surface area contributed by atoms with Gasteiger partial charge in [-0.25, -0.2) is 4.68 Å². The number of terminal acetylenes is 1. The van der Waals surface area contributed by atoms with Crippen LogP contribution in [0.5, 0.6) is 0 Å². The Labute approximate surface area is 200 Å². The number of carbonyl (C=O) groups excluding carboxylic acids is 4. The number of nitrogens with zero attached hydrogens (tertiary/aromatic N) is 5. The van der Waals surface area contributed by atoms with Crippen LogP contribution in [0.15, 0.2) is 48.7 Å². The third-order valence-corrected chi connectivity index (χ3v) is 6.19. The molecule has 0 radical (unpaired) electrons. The number of carbonyl (C=O) groups is 4. The quantitative estimate of drug-likeness (QED) is 0.456. The van der Waals surface area contributed by atoms with Crippen molar-refractivity contribution >= 4 is 29.3 Å². The first kappa shape index (κ1) is 22.0. The van der Waals surface area contributed by atoms with Crippen LogP contribution in [0.25, 0.3) is 5.69 Å². The summed E-state index contributed by atoms with van der Waals surface area (Å²) < 4.78 is 1.46. The van der Waals surface area contributed by atoms with Gasteiger partial charge < -0.3 is 9.80 Å². The molecule has 0 spiro atoms. The van der Waals surface area contributed by atoms with Crippen LogP contribution >= 0.6 is 0 Å². The molecule has 0 aliphatic carbocycles. The number of hydrogen-bond donors (Lipinski definition) is 1.